The van der Waals surface area contributed by atoms with Crippen molar-refractivity contribution in [3.63, 3.8) is 0 Å². The SMILES string of the molecule is Nc1nnc2c3ccccc3nc(-c3cccc(C(F)(F)F)c3)n12. The summed E-state index contributed by atoms with van der Waals surface area (Å²) in [7, 11) is 0. The third-order valence-electron chi connectivity index (χ3n) is 3.72. The summed E-state index contributed by atoms with van der Waals surface area (Å²) < 4.78 is 40.4. The molecule has 8 heteroatoms. The second-order valence-corrected chi connectivity index (χ2v) is 5.25. The molecule has 0 aliphatic heterocycles. The second-order valence-electron chi connectivity index (χ2n) is 5.25. The van der Waals surface area contributed by atoms with Crippen molar-refractivity contribution >= 4 is 22.5 Å². The molecule has 0 aliphatic rings. The van der Waals surface area contributed by atoms with Gasteiger partial charge in [0.1, 0.15) is 5.82 Å². The van der Waals surface area contributed by atoms with Crippen molar-refractivity contribution in [2.75, 3.05) is 5.73 Å². The van der Waals surface area contributed by atoms with Crippen LogP contribution in [0.4, 0.5) is 19.1 Å². The Kier molecular flexibility index (Phi) is 2.96. The third kappa shape index (κ3) is 2.15. The minimum atomic E-state index is -4.44. The van der Waals surface area contributed by atoms with E-state index >= 15 is 0 Å². The van der Waals surface area contributed by atoms with Crippen molar-refractivity contribution < 1.29 is 13.2 Å². The molecule has 4 rings (SSSR count). The van der Waals surface area contributed by atoms with E-state index in [1.54, 1.807) is 18.2 Å². The van der Waals surface area contributed by atoms with Crippen LogP contribution < -0.4 is 5.73 Å². The summed E-state index contributed by atoms with van der Waals surface area (Å²) in [6.45, 7) is 0. The number of fused-ring (bicyclic) bond motifs is 3. The Balaban J connectivity index is 2.07. The summed E-state index contributed by atoms with van der Waals surface area (Å²) in [5.74, 6) is 0.327. The zero-order valence-electron chi connectivity index (χ0n) is 12.1. The van der Waals surface area contributed by atoms with Crippen LogP contribution in [-0.4, -0.2) is 19.6 Å². The maximum Gasteiger partial charge on any atom is 0.416 e. The van der Waals surface area contributed by atoms with Gasteiger partial charge in [0.2, 0.25) is 5.95 Å². The van der Waals surface area contributed by atoms with Crippen molar-refractivity contribution in [1.82, 2.24) is 19.6 Å². The quantitative estimate of drug-likeness (QED) is 0.580. The van der Waals surface area contributed by atoms with E-state index in [-0.39, 0.29) is 17.3 Å². The molecule has 2 aromatic heterocycles. The van der Waals surface area contributed by atoms with Crippen LogP contribution in [0.1, 0.15) is 5.56 Å². The van der Waals surface area contributed by atoms with Crippen LogP contribution in [0.3, 0.4) is 0 Å². The average Bonchev–Trinajstić information content (AvgIpc) is 2.96. The number of rotatable bonds is 1. The van der Waals surface area contributed by atoms with E-state index in [0.717, 1.165) is 17.5 Å². The molecule has 0 amide bonds. The molecule has 2 N–H and O–H groups in total. The van der Waals surface area contributed by atoms with Gasteiger partial charge in [-0.05, 0) is 24.3 Å². The van der Waals surface area contributed by atoms with Gasteiger partial charge < -0.3 is 5.73 Å². The fourth-order valence-electron chi connectivity index (χ4n) is 2.63. The number of anilines is 1. The van der Waals surface area contributed by atoms with Crippen LogP contribution in [0, 0.1) is 0 Å². The van der Waals surface area contributed by atoms with Crippen molar-refractivity contribution in [3.8, 4) is 11.4 Å². The van der Waals surface area contributed by atoms with Gasteiger partial charge in [0, 0.05) is 10.9 Å². The number of alkyl halides is 3. The van der Waals surface area contributed by atoms with Crippen LogP contribution in [0.2, 0.25) is 0 Å². The Labute approximate surface area is 133 Å². The average molecular weight is 329 g/mol. The summed E-state index contributed by atoms with van der Waals surface area (Å²) in [6, 6.07) is 12.1. The molecular weight excluding hydrogens is 319 g/mol. The van der Waals surface area contributed by atoms with Gasteiger partial charge in [-0.3, -0.25) is 0 Å². The molecule has 4 aromatic rings. The maximum atomic E-state index is 13.0. The van der Waals surface area contributed by atoms with Gasteiger partial charge >= 0.3 is 6.18 Å². The third-order valence-corrected chi connectivity index (χ3v) is 3.72. The van der Waals surface area contributed by atoms with Crippen LogP contribution in [-0.2, 0) is 6.18 Å². The number of aromatic nitrogens is 4. The van der Waals surface area contributed by atoms with E-state index < -0.39 is 11.7 Å². The molecule has 5 nitrogen and oxygen atoms in total. The second kappa shape index (κ2) is 4.92. The molecule has 2 heterocycles. The number of hydrogen-bond acceptors (Lipinski definition) is 4. The van der Waals surface area contributed by atoms with Crippen LogP contribution in [0.25, 0.3) is 27.9 Å². The number of nitrogens with zero attached hydrogens (tertiary/aromatic N) is 4. The van der Waals surface area contributed by atoms with E-state index in [0.29, 0.717) is 11.2 Å². The van der Waals surface area contributed by atoms with E-state index in [9.17, 15) is 13.2 Å². The number of nitrogen functional groups attached to an aromatic ring is 1. The van der Waals surface area contributed by atoms with Crippen molar-refractivity contribution in [2.24, 2.45) is 0 Å². The Morgan fingerprint density at radius 3 is 2.54 bits per heavy atom. The maximum absolute atomic E-state index is 13.0. The van der Waals surface area contributed by atoms with Gasteiger partial charge in [0.15, 0.2) is 5.65 Å². The number of benzene rings is 2. The smallest absolute Gasteiger partial charge is 0.368 e. The topological polar surface area (TPSA) is 69.1 Å². The lowest BCUT2D eigenvalue weighted by Gasteiger charge is -2.11. The first-order valence-corrected chi connectivity index (χ1v) is 7.02. The molecule has 0 spiro atoms. The Hall–Kier alpha value is -3.16. The first kappa shape index (κ1) is 14.4. The normalized spacial score (nSPS) is 12.1. The Morgan fingerprint density at radius 2 is 1.75 bits per heavy atom. The highest BCUT2D eigenvalue weighted by molar-refractivity contribution is 5.93. The lowest BCUT2D eigenvalue weighted by atomic mass is 10.1. The standard InChI is InChI=1S/C16H10F3N5/c17-16(18,19)10-5-3-4-9(8-10)13-21-12-7-2-1-6-11(12)14-22-23-15(20)24(13)14/h1-8H,(H2,20,23). The molecule has 0 unspecified atom stereocenters. The van der Waals surface area contributed by atoms with E-state index in [2.05, 4.69) is 15.2 Å². The van der Waals surface area contributed by atoms with Crippen LogP contribution in [0.5, 0.6) is 0 Å². The fourth-order valence-corrected chi connectivity index (χ4v) is 2.63. The molecule has 2 aromatic carbocycles. The highest BCUT2D eigenvalue weighted by atomic mass is 19.4. The lowest BCUT2D eigenvalue weighted by molar-refractivity contribution is -0.137. The molecule has 0 aliphatic carbocycles. The largest absolute Gasteiger partial charge is 0.416 e. The molecule has 0 saturated heterocycles. The van der Waals surface area contributed by atoms with Crippen LogP contribution in [0.15, 0.2) is 48.5 Å². The van der Waals surface area contributed by atoms with Crippen molar-refractivity contribution in [2.45, 2.75) is 6.18 Å². The van der Waals surface area contributed by atoms with Crippen molar-refractivity contribution in [3.05, 3.63) is 54.1 Å². The summed E-state index contributed by atoms with van der Waals surface area (Å²) in [6.07, 6.45) is -4.44. The Morgan fingerprint density at radius 1 is 0.958 bits per heavy atom. The number of nitrogens with two attached hydrogens (primary N) is 1. The van der Waals surface area contributed by atoms with Crippen LogP contribution >= 0.6 is 0 Å². The monoisotopic (exact) mass is 329 g/mol. The number of hydrogen-bond donors (Lipinski definition) is 1. The molecule has 0 bridgehead atoms. The summed E-state index contributed by atoms with van der Waals surface area (Å²) in [4.78, 5) is 4.47. The van der Waals surface area contributed by atoms with E-state index in [1.807, 2.05) is 12.1 Å². The molecule has 0 saturated carbocycles. The predicted octanol–water partition coefficient (Wildman–Crippen LogP) is 3.55. The lowest BCUT2D eigenvalue weighted by Crippen LogP contribution is -2.06. The first-order chi connectivity index (χ1) is 11.4. The first-order valence-electron chi connectivity index (χ1n) is 7.02. The van der Waals surface area contributed by atoms with Gasteiger partial charge in [-0.25, -0.2) is 9.38 Å². The van der Waals surface area contributed by atoms with Gasteiger partial charge in [0.25, 0.3) is 0 Å². The molecule has 24 heavy (non-hydrogen) atoms. The Bertz CT molecular complexity index is 1070. The molecule has 0 radical (unpaired) electrons. The molecule has 0 fully saturated rings. The number of para-hydroxylation sites is 1. The van der Waals surface area contributed by atoms with Gasteiger partial charge in [-0.15, -0.1) is 10.2 Å². The summed E-state index contributed by atoms with van der Waals surface area (Å²) >= 11 is 0. The van der Waals surface area contributed by atoms with Gasteiger partial charge in [0.05, 0.1) is 11.1 Å². The zero-order chi connectivity index (χ0) is 16.9. The highest BCUT2D eigenvalue weighted by Crippen LogP contribution is 2.33. The minimum Gasteiger partial charge on any atom is -0.368 e. The molecular formula is C16H10F3N5. The zero-order valence-corrected chi connectivity index (χ0v) is 12.1. The highest BCUT2D eigenvalue weighted by Gasteiger charge is 2.30. The number of halogens is 3. The minimum absolute atomic E-state index is 0.0654. The van der Waals surface area contributed by atoms with E-state index in [1.165, 1.54) is 10.5 Å². The van der Waals surface area contributed by atoms with Gasteiger partial charge in [-0.2, -0.15) is 13.2 Å². The molecule has 0 atom stereocenters. The summed E-state index contributed by atoms with van der Waals surface area (Å²) in [5.41, 5.74) is 6.44. The molecule has 120 valence electrons. The van der Waals surface area contributed by atoms with E-state index in [4.69, 9.17) is 5.73 Å². The van der Waals surface area contributed by atoms with Crippen molar-refractivity contribution in [1.29, 1.82) is 0 Å². The van der Waals surface area contributed by atoms with Gasteiger partial charge in [-0.1, -0.05) is 24.3 Å². The summed E-state index contributed by atoms with van der Waals surface area (Å²) in [5, 5.41) is 8.58. The predicted molar refractivity (Wildman–Crippen MR) is 83.1 cm³/mol. The fraction of sp³-hybridized carbons (Fsp3) is 0.0625.